The molecule has 7 nitrogen and oxygen atoms in total. The topological polar surface area (TPSA) is 108 Å². The van der Waals surface area contributed by atoms with Crippen LogP contribution in [0.2, 0.25) is 10.0 Å². The molecule has 0 saturated carbocycles. The molecule has 0 radical (unpaired) electrons. The minimum atomic E-state index is -3.66. The third-order valence-electron chi connectivity index (χ3n) is 4.79. The van der Waals surface area contributed by atoms with Gasteiger partial charge < -0.3 is 10.6 Å². The Bertz CT molecular complexity index is 1260. The zero-order chi connectivity index (χ0) is 21.6. The summed E-state index contributed by atoms with van der Waals surface area (Å²) in [5, 5.41) is 10.6. The Labute approximate surface area is 191 Å². The van der Waals surface area contributed by atoms with E-state index in [2.05, 4.69) is 0 Å². The zero-order valence-electron chi connectivity index (χ0n) is 15.4. The molecular formula is C18H16Cl2N4O3S3. The fourth-order valence-corrected chi connectivity index (χ4v) is 7.79. The molecule has 0 unspecified atom stereocenters. The normalized spacial score (nSPS) is 15.6. The van der Waals surface area contributed by atoms with Crippen molar-refractivity contribution in [2.75, 3.05) is 26.2 Å². The van der Waals surface area contributed by atoms with Gasteiger partial charge in [-0.1, -0.05) is 29.3 Å². The average Bonchev–Trinajstić information content (AvgIpc) is 3.31. The fraction of sp³-hybridized carbons (Fsp3) is 0.222. The van der Waals surface area contributed by atoms with Crippen molar-refractivity contribution in [3.8, 4) is 0 Å². The summed E-state index contributed by atoms with van der Waals surface area (Å²) in [7, 11) is -3.66. The van der Waals surface area contributed by atoms with Crippen LogP contribution in [-0.4, -0.2) is 55.5 Å². The van der Waals surface area contributed by atoms with Crippen molar-refractivity contribution in [1.29, 1.82) is 5.41 Å². The Morgan fingerprint density at radius 1 is 1.13 bits per heavy atom. The average molecular weight is 503 g/mol. The molecule has 1 aromatic carbocycles. The van der Waals surface area contributed by atoms with Crippen LogP contribution in [0.5, 0.6) is 0 Å². The quantitative estimate of drug-likeness (QED) is 0.418. The van der Waals surface area contributed by atoms with E-state index in [1.54, 1.807) is 34.5 Å². The first-order chi connectivity index (χ1) is 14.2. The lowest BCUT2D eigenvalue weighted by atomic mass is 10.2. The molecule has 0 atom stereocenters. The van der Waals surface area contributed by atoms with E-state index in [4.69, 9.17) is 34.3 Å². The molecule has 3 aromatic rings. The summed E-state index contributed by atoms with van der Waals surface area (Å²) in [6.07, 6.45) is 0. The van der Waals surface area contributed by atoms with Gasteiger partial charge in [-0.2, -0.15) is 4.31 Å². The Hall–Kier alpha value is -1.69. The minimum Gasteiger partial charge on any atom is -0.384 e. The van der Waals surface area contributed by atoms with Crippen molar-refractivity contribution in [2.24, 2.45) is 5.73 Å². The molecule has 1 amide bonds. The Balaban J connectivity index is 1.49. The third kappa shape index (κ3) is 3.83. The van der Waals surface area contributed by atoms with Crippen molar-refractivity contribution in [1.82, 2.24) is 9.21 Å². The second kappa shape index (κ2) is 8.10. The summed E-state index contributed by atoms with van der Waals surface area (Å²) in [5.41, 5.74) is 5.79. The number of carbonyl (C=O) groups is 1. The maximum atomic E-state index is 13.1. The fourth-order valence-electron chi connectivity index (χ4n) is 3.18. The smallest absolute Gasteiger partial charge is 0.265 e. The summed E-state index contributed by atoms with van der Waals surface area (Å²) in [6.45, 7) is 0.869. The number of amides is 1. The Morgan fingerprint density at radius 3 is 2.47 bits per heavy atom. The summed E-state index contributed by atoms with van der Waals surface area (Å²) in [4.78, 5) is 14.7. The maximum absolute atomic E-state index is 13.1. The standard InChI is InChI=1S/C18H16Cl2N4O3S3/c19-11-2-1-10-7-14(29-13(10)8-11)30(26,27)24-5-3-23(4-6-24)18(25)16-15(20)12(9-28-16)17(21)22/h1-2,7-9H,3-6H2,(H3,21,22). The number of hydrogen-bond acceptors (Lipinski definition) is 6. The van der Waals surface area contributed by atoms with Gasteiger partial charge in [-0.25, -0.2) is 8.42 Å². The van der Waals surface area contributed by atoms with Gasteiger partial charge in [0.05, 0.1) is 5.02 Å². The maximum Gasteiger partial charge on any atom is 0.265 e. The summed E-state index contributed by atoms with van der Waals surface area (Å²) in [6, 6.07) is 6.92. The van der Waals surface area contributed by atoms with E-state index in [1.807, 2.05) is 0 Å². The summed E-state index contributed by atoms with van der Waals surface area (Å²) in [5.74, 6) is -0.484. The number of carbonyl (C=O) groups excluding carboxylic acids is 1. The molecule has 30 heavy (non-hydrogen) atoms. The number of nitrogens with zero attached hydrogens (tertiary/aromatic N) is 2. The second-order valence-corrected chi connectivity index (χ2v) is 11.6. The summed E-state index contributed by atoms with van der Waals surface area (Å²) >= 11 is 14.5. The lowest BCUT2D eigenvalue weighted by molar-refractivity contribution is 0.0703. The van der Waals surface area contributed by atoms with Crippen molar-refractivity contribution in [2.45, 2.75) is 4.21 Å². The number of rotatable bonds is 4. The van der Waals surface area contributed by atoms with Crippen molar-refractivity contribution in [3.05, 3.63) is 50.1 Å². The van der Waals surface area contributed by atoms with E-state index < -0.39 is 10.0 Å². The molecule has 1 aliphatic rings. The van der Waals surface area contributed by atoms with Crippen LogP contribution in [0.4, 0.5) is 0 Å². The van der Waals surface area contributed by atoms with Crippen LogP contribution in [0.3, 0.4) is 0 Å². The SMILES string of the molecule is N=C(N)c1csc(C(=O)N2CCN(S(=O)(=O)c3cc4ccc(Cl)cc4s3)CC2)c1Cl. The van der Waals surface area contributed by atoms with E-state index in [0.717, 1.165) is 21.4 Å². The molecule has 1 saturated heterocycles. The van der Waals surface area contributed by atoms with Crippen molar-refractivity contribution < 1.29 is 13.2 Å². The lowest BCUT2D eigenvalue weighted by Crippen LogP contribution is -2.50. The van der Waals surface area contributed by atoms with Crippen LogP contribution >= 0.6 is 45.9 Å². The highest BCUT2D eigenvalue weighted by Gasteiger charge is 2.33. The number of piperazine rings is 1. The lowest BCUT2D eigenvalue weighted by Gasteiger charge is -2.33. The number of amidine groups is 1. The molecule has 1 aliphatic heterocycles. The molecule has 3 heterocycles. The first-order valence-electron chi connectivity index (χ1n) is 8.78. The zero-order valence-corrected chi connectivity index (χ0v) is 19.4. The molecule has 2 aromatic heterocycles. The number of nitrogens with two attached hydrogens (primary N) is 1. The highest BCUT2D eigenvalue weighted by atomic mass is 35.5. The molecule has 1 fully saturated rings. The number of nitrogen functional groups attached to an aromatic ring is 1. The minimum absolute atomic E-state index is 0.163. The Morgan fingerprint density at radius 2 is 1.83 bits per heavy atom. The number of halogens is 2. The van der Waals surface area contributed by atoms with E-state index in [-0.39, 0.29) is 47.2 Å². The molecule has 4 rings (SSSR count). The van der Waals surface area contributed by atoms with Gasteiger partial charge in [0.25, 0.3) is 15.9 Å². The van der Waals surface area contributed by atoms with Crippen LogP contribution in [0, 0.1) is 5.41 Å². The second-order valence-electron chi connectivity index (χ2n) is 6.65. The predicted octanol–water partition coefficient (Wildman–Crippen LogP) is 3.70. The number of fused-ring (bicyclic) bond motifs is 1. The van der Waals surface area contributed by atoms with Gasteiger partial charge in [-0.3, -0.25) is 10.2 Å². The van der Waals surface area contributed by atoms with Crippen molar-refractivity contribution in [3.63, 3.8) is 0 Å². The number of nitrogens with one attached hydrogen (secondary N) is 1. The monoisotopic (exact) mass is 502 g/mol. The number of hydrogen-bond donors (Lipinski definition) is 2. The number of thiophene rings is 2. The first-order valence-corrected chi connectivity index (χ1v) is 12.7. The van der Waals surface area contributed by atoms with E-state index >= 15 is 0 Å². The molecule has 0 aliphatic carbocycles. The predicted molar refractivity (Wildman–Crippen MR) is 122 cm³/mol. The van der Waals surface area contributed by atoms with Crippen LogP contribution in [-0.2, 0) is 10.0 Å². The van der Waals surface area contributed by atoms with Gasteiger partial charge in [0.1, 0.15) is 14.9 Å². The molecule has 0 bridgehead atoms. The van der Waals surface area contributed by atoms with Gasteiger partial charge in [0.15, 0.2) is 0 Å². The molecule has 3 N–H and O–H groups in total. The first kappa shape index (κ1) is 21.5. The third-order valence-corrected chi connectivity index (χ3v) is 9.95. The van der Waals surface area contributed by atoms with Crippen LogP contribution in [0.25, 0.3) is 10.1 Å². The van der Waals surface area contributed by atoms with E-state index in [9.17, 15) is 13.2 Å². The molecule has 158 valence electrons. The van der Waals surface area contributed by atoms with Gasteiger partial charge in [-0.05, 0) is 23.6 Å². The van der Waals surface area contributed by atoms with Crippen LogP contribution in [0.1, 0.15) is 15.2 Å². The Kier molecular flexibility index (Phi) is 5.82. The van der Waals surface area contributed by atoms with Crippen LogP contribution in [0.15, 0.2) is 33.9 Å². The van der Waals surface area contributed by atoms with Gasteiger partial charge in [0, 0.05) is 46.8 Å². The van der Waals surface area contributed by atoms with Crippen LogP contribution < -0.4 is 5.73 Å². The van der Waals surface area contributed by atoms with Crippen molar-refractivity contribution >= 4 is 77.7 Å². The number of benzene rings is 1. The van der Waals surface area contributed by atoms with E-state index in [0.29, 0.717) is 15.5 Å². The number of sulfonamides is 1. The van der Waals surface area contributed by atoms with Gasteiger partial charge >= 0.3 is 0 Å². The largest absolute Gasteiger partial charge is 0.384 e. The summed E-state index contributed by atoms with van der Waals surface area (Å²) < 4.78 is 28.6. The van der Waals surface area contributed by atoms with E-state index in [1.165, 1.54) is 15.6 Å². The highest BCUT2D eigenvalue weighted by molar-refractivity contribution is 7.91. The molecule has 12 heteroatoms. The molecular weight excluding hydrogens is 487 g/mol. The van der Waals surface area contributed by atoms with Gasteiger partial charge in [0.2, 0.25) is 0 Å². The highest BCUT2D eigenvalue weighted by Crippen LogP contribution is 2.33. The molecule has 0 spiro atoms. The van der Waals surface area contributed by atoms with Gasteiger partial charge in [-0.15, -0.1) is 22.7 Å².